The maximum atomic E-state index is 12.4. The molecule has 1 aromatic rings. The van der Waals surface area contributed by atoms with E-state index in [1.807, 2.05) is 0 Å². The first-order valence-corrected chi connectivity index (χ1v) is 7.38. The highest BCUT2D eigenvalue weighted by Gasteiger charge is 2.35. The minimum absolute atomic E-state index is 0.0147. The maximum absolute atomic E-state index is 12.4. The summed E-state index contributed by atoms with van der Waals surface area (Å²) >= 11 is 5.07. The van der Waals surface area contributed by atoms with Crippen molar-refractivity contribution in [2.75, 3.05) is 35.4 Å². The van der Waals surface area contributed by atoms with Crippen LogP contribution < -0.4 is 14.2 Å². The Morgan fingerprint density at radius 1 is 0.917 bits per heavy atom. The van der Waals surface area contributed by atoms with Crippen LogP contribution in [0.4, 0.5) is 0 Å². The van der Waals surface area contributed by atoms with Gasteiger partial charge in [0, 0.05) is 19.7 Å². The molecule has 0 atom stereocenters. The number of hydrogen-bond acceptors (Lipinski definition) is 6. The average Bonchev–Trinajstić information content (AvgIpc) is 2.60. The Hall–Kier alpha value is -2.61. The molecule has 1 aliphatic heterocycles. The van der Waals surface area contributed by atoms with Crippen molar-refractivity contribution in [3.63, 3.8) is 0 Å². The third-order valence-corrected chi connectivity index (χ3v) is 4.23. The number of benzene rings is 1. The summed E-state index contributed by atoms with van der Waals surface area (Å²) in [6, 6.07) is 3.35. The Balaban J connectivity index is 2.60. The number of thiocarbonyl (C=S) groups is 1. The molecule has 0 aromatic heterocycles. The van der Waals surface area contributed by atoms with E-state index < -0.39 is 11.8 Å². The molecule has 1 saturated heterocycles. The molecule has 0 N–H and O–H groups in total. The van der Waals surface area contributed by atoms with E-state index in [9.17, 15) is 9.59 Å². The summed E-state index contributed by atoms with van der Waals surface area (Å²) in [6.45, 7) is 0. The van der Waals surface area contributed by atoms with Crippen LogP contribution in [0, 0.1) is 0 Å². The highest BCUT2D eigenvalue weighted by molar-refractivity contribution is 7.80. The molecule has 24 heavy (non-hydrogen) atoms. The Bertz CT molecular complexity index is 718. The lowest BCUT2D eigenvalue weighted by Crippen LogP contribution is -2.52. The van der Waals surface area contributed by atoms with E-state index in [1.54, 1.807) is 12.1 Å². The van der Waals surface area contributed by atoms with Gasteiger partial charge in [-0.15, -0.1) is 0 Å². The van der Waals surface area contributed by atoms with Crippen molar-refractivity contribution in [3.05, 3.63) is 23.3 Å². The van der Waals surface area contributed by atoms with Gasteiger partial charge in [0.05, 0.1) is 21.3 Å². The van der Waals surface area contributed by atoms with Gasteiger partial charge in [0.1, 0.15) is 5.57 Å². The van der Waals surface area contributed by atoms with Crippen LogP contribution in [0.25, 0.3) is 6.08 Å². The molecule has 0 saturated carbocycles. The molecule has 0 spiro atoms. The lowest BCUT2D eigenvalue weighted by molar-refractivity contribution is -0.132. The third kappa shape index (κ3) is 2.80. The Kier molecular flexibility index (Phi) is 5.08. The first-order valence-electron chi connectivity index (χ1n) is 6.98. The summed E-state index contributed by atoms with van der Waals surface area (Å²) in [5, 5.41) is 0.154. The normalized spacial score (nSPS) is 14.9. The van der Waals surface area contributed by atoms with Crippen molar-refractivity contribution < 1.29 is 23.8 Å². The van der Waals surface area contributed by atoms with E-state index in [1.165, 1.54) is 51.3 Å². The van der Waals surface area contributed by atoms with E-state index >= 15 is 0 Å². The van der Waals surface area contributed by atoms with Gasteiger partial charge in [-0.1, -0.05) is 0 Å². The van der Waals surface area contributed by atoms with E-state index in [4.69, 9.17) is 26.4 Å². The molecule has 0 bridgehead atoms. The molecule has 2 amide bonds. The molecular formula is C16H18N2O5S. The second kappa shape index (κ2) is 6.88. The van der Waals surface area contributed by atoms with Crippen molar-refractivity contribution in [2.45, 2.75) is 0 Å². The topological polar surface area (TPSA) is 68.3 Å². The summed E-state index contributed by atoms with van der Waals surface area (Å²) in [6.07, 6.45) is 1.46. The summed E-state index contributed by atoms with van der Waals surface area (Å²) in [7, 11) is 7.50. The molecule has 1 aliphatic rings. The van der Waals surface area contributed by atoms with Crippen molar-refractivity contribution >= 4 is 35.2 Å². The molecular weight excluding hydrogens is 332 g/mol. The average molecular weight is 350 g/mol. The number of carbonyl (C=O) groups is 2. The number of nitrogens with zero attached hydrogens (tertiary/aromatic N) is 2. The fourth-order valence-electron chi connectivity index (χ4n) is 2.37. The van der Waals surface area contributed by atoms with Gasteiger partial charge in [-0.05, 0) is 30.4 Å². The van der Waals surface area contributed by atoms with E-state index in [0.717, 1.165) is 0 Å². The summed E-state index contributed by atoms with van der Waals surface area (Å²) in [5.74, 6) is 0.277. The zero-order valence-electron chi connectivity index (χ0n) is 14.1. The number of carbonyl (C=O) groups excluding carboxylic acids is 2. The maximum Gasteiger partial charge on any atom is 0.265 e. The number of methoxy groups -OCH3 is 3. The molecule has 7 nitrogen and oxygen atoms in total. The minimum atomic E-state index is -0.472. The second-order valence-corrected chi connectivity index (χ2v) is 5.36. The zero-order chi connectivity index (χ0) is 18.0. The summed E-state index contributed by atoms with van der Waals surface area (Å²) in [5.41, 5.74) is 0.501. The predicted molar refractivity (Wildman–Crippen MR) is 92.2 cm³/mol. The fourth-order valence-corrected chi connectivity index (χ4v) is 2.53. The predicted octanol–water partition coefficient (Wildman–Crippen LogP) is 1.31. The third-order valence-electron chi connectivity index (χ3n) is 3.68. The summed E-state index contributed by atoms with van der Waals surface area (Å²) < 4.78 is 15.9. The number of amides is 2. The van der Waals surface area contributed by atoms with Gasteiger partial charge in [0.2, 0.25) is 5.75 Å². The lowest BCUT2D eigenvalue weighted by atomic mass is 10.1. The molecule has 0 radical (unpaired) electrons. The van der Waals surface area contributed by atoms with Gasteiger partial charge in [-0.2, -0.15) is 0 Å². The van der Waals surface area contributed by atoms with E-state index in [0.29, 0.717) is 22.8 Å². The molecule has 1 aromatic carbocycles. The largest absolute Gasteiger partial charge is 0.493 e. The summed E-state index contributed by atoms with van der Waals surface area (Å²) in [4.78, 5) is 27.3. The molecule has 1 heterocycles. The van der Waals surface area contributed by atoms with Gasteiger partial charge in [0.25, 0.3) is 11.8 Å². The van der Waals surface area contributed by atoms with Crippen molar-refractivity contribution in [1.29, 1.82) is 0 Å². The Morgan fingerprint density at radius 3 is 1.92 bits per heavy atom. The van der Waals surface area contributed by atoms with Gasteiger partial charge in [-0.3, -0.25) is 19.4 Å². The van der Waals surface area contributed by atoms with Crippen LogP contribution in [0.15, 0.2) is 17.7 Å². The lowest BCUT2D eigenvalue weighted by Gasteiger charge is -2.31. The van der Waals surface area contributed by atoms with Crippen LogP contribution in [0.2, 0.25) is 0 Å². The first-order chi connectivity index (χ1) is 11.4. The monoisotopic (exact) mass is 350 g/mol. The standard InChI is InChI=1S/C16H18N2O5S/c1-17-14(19)10(15(20)18(2)16(17)24)8-9-6-7-11(21-3)13(23-5)12(9)22-4/h6-8H,1-5H3. The highest BCUT2D eigenvalue weighted by atomic mass is 32.1. The van der Waals surface area contributed by atoms with Crippen LogP contribution >= 0.6 is 12.2 Å². The van der Waals surface area contributed by atoms with E-state index in [2.05, 4.69) is 0 Å². The fraction of sp³-hybridized carbons (Fsp3) is 0.312. The first kappa shape index (κ1) is 17.7. The number of likely N-dealkylation sites (N-methyl/N-ethyl adjacent to an activating group) is 2. The molecule has 0 unspecified atom stereocenters. The van der Waals surface area contributed by atoms with Gasteiger partial charge in [-0.25, -0.2) is 0 Å². The smallest absolute Gasteiger partial charge is 0.265 e. The Labute approximate surface area is 145 Å². The van der Waals surface area contributed by atoms with Crippen LogP contribution in [-0.4, -0.2) is 62.2 Å². The molecule has 2 rings (SSSR count). The van der Waals surface area contributed by atoms with Gasteiger partial charge < -0.3 is 14.2 Å². The molecule has 128 valence electrons. The van der Waals surface area contributed by atoms with Crippen LogP contribution in [0.5, 0.6) is 17.2 Å². The van der Waals surface area contributed by atoms with Crippen LogP contribution in [0.3, 0.4) is 0 Å². The number of hydrogen-bond donors (Lipinski definition) is 0. The second-order valence-electron chi connectivity index (χ2n) is 4.99. The SMILES string of the molecule is COc1ccc(C=C2C(=O)N(C)C(=S)N(C)C2=O)c(OC)c1OC. The van der Waals surface area contributed by atoms with Crippen molar-refractivity contribution in [1.82, 2.24) is 9.80 Å². The van der Waals surface area contributed by atoms with Crippen LogP contribution in [-0.2, 0) is 9.59 Å². The number of rotatable bonds is 4. The van der Waals surface area contributed by atoms with Crippen molar-refractivity contribution in [2.24, 2.45) is 0 Å². The van der Waals surface area contributed by atoms with E-state index in [-0.39, 0.29) is 10.7 Å². The van der Waals surface area contributed by atoms with Crippen LogP contribution in [0.1, 0.15) is 5.56 Å². The van der Waals surface area contributed by atoms with Gasteiger partial charge in [0.15, 0.2) is 16.6 Å². The zero-order valence-corrected chi connectivity index (χ0v) is 14.9. The van der Waals surface area contributed by atoms with Crippen molar-refractivity contribution in [3.8, 4) is 17.2 Å². The van der Waals surface area contributed by atoms with Gasteiger partial charge >= 0.3 is 0 Å². The number of ether oxygens (including phenoxy) is 3. The highest BCUT2D eigenvalue weighted by Crippen LogP contribution is 2.40. The molecule has 0 aliphatic carbocycles. The Morgan fingerprint density at radius 2 is 1.46 bits per heavy atom. The molecule has 1 fully saturated rings. The molecule has 8 heteroatoms. The minimum Gasteiger partial charge on any atom is -0.493 e. The quantitative estimate of drug-likeness (QED) is 0.463.